The van der Waals surface area contributed by atoms with Crippen molar-refractivity contribution in [1.29, 1.82) is 0 Å². The highest BCUT2D eigenvalue weighted by Gasteiger charge is 2.18. The molecule has 2 rings (SSSR count). The van der Waals surface area contributed by atoms with E-state index in [2.05, 4.69) is 53.6 Å². The molecule has 0 aliphatic carbocycles. The van der Waals surface area contributed by atoms with Crippen LogP contribution in [0.25, 0.3) is 0 Å². The maximum atomic E-state index is 5.40. The first-order valence-electron chi connectivity index (χ1n) is 6.39. The van der Waals surface area contributed by atoms with Crippen LogP contribution in [0, 0.1) is 11.8 Å². The second kappa shape index (κ2) is 6.84. The van der Waals surface area contributed by atoms with Crippen molar-refractivity contribution in [2.24, 2.45) is 5.73 Å². The molecule has 18 heavy (non-hydrogen) atoms. The molecule has 0 bridgehead atoms. The van der Waals surface area contributed by atoms with Crippen molar-refractivity contribution in [3.63, 3.8) is 0 Å². The van der Waals surface area contributed by atoms with Gasteiger partial charge in [-0.3, -0.25) is 4.90 Å². The zero-order valence-electron chi connectivity index (χ0n) is 10.9. The normalized spacial score (nSPS) is 20.2. The van der Waals surface area contributed by atoms with Gasteiger partial charge in [0.15, 0.2) is 0 Å². The first-order valence-corrected chi connectivity index (χ1v) is 7.55. The lowest BCUT2D eigenvalue weighted by atomic mass is 10.1. The molecule has 0 aromatic heterocycles. The van der Waals surface area contributed by atoms with Gasteiger partial charge in [0.1, 0.15) is 0 Å². The second-order valence-electron chi connectivity index (χ2n) is 4.60. The average molecular weight is 260 g/mol. The van der Waals surface area contributed by atoms with Gasteiger partial charge in [0.05, 0.1) is 6.54 Å². The monoisotopic (exact) mass is 260 g/mol. The van der Waals surface area contributed by atoms with E-state index < -0.39 is 0 Å². The third-order valence-electron chi connectivity index (χ3n) is 3.15. The highest BCUT2D eigenvalue weighted by molar-refractivity contribution is 7.99. The Morgan fingerprint density at radius 1 is 1.50 bits per heavy atom. The summed E-state index contributed by atoms with van der Waals surface area (Å²) >= 11 is 2.05. The highest BCUT2D eigenvalue weighted by atomic mass is 32.2. The fraction of sp³-hybridized carbons (Fsp3) is 0.467. The minimum absolute atomic E-state index is 0.421. The molecule has 1 fully saturated rings. The highest BCUT2D eigenvalue weighted by Crippen LogP contribution is 2.18. The van der Waals surface area contributed by atoms with Gasteiger partial charge in [0.2, 0.25) is 0 Å². The van der Waals surface area contributed by atoms with Gasteiger partial charge in [-0.05, 0) is 24.6 Å². The molecule has 1 aromatic carbocycles. The molecule has 1 aliphatic rings. The van der Waals surface area contributed by atoms with Crippen molar-refractivity contribution >= 4 is 11.8 Å². The van der Waals surface area contributed by atoms with Crippen molar-refractivity contribution in [1.82, 2.24) is 4.90 Å². The third kappa shape index (κ3) is 3.78. The predicted octanol–water partition coefficient (Wildman–Crippen LogP) is 1.93. The lowest BCUT2D eigenvalue weighted by molar-refractivity contribution is 0.224. The number of rotatable bonds is 2. The molecular weight excluding hydrogens is 240 g/mol. The van der Waals surface area contributed by atoms with Crippen LogP contribution in [0.4, 0.5) is 0 Å². The first kappa shape index (κ1) is 13.5. The SMILES string of the molecule is CC1CSCCN1Cc1cccc(C#CCN)c1. The van der Waals surface area contributed by atoms with E-state index in [1.165, 1.54) is 23.6 Å². The maximum Gasteiger partial charge on any atom is 0.0555 e. The van der Waals surface area contributed by atoms with Gasteiger partial charge in [-0.2, -0.15) is 11.8 Å². The Bertz CT molecular complexity index is 447. The van der Waals surface area contributed by atoms with E-state index in [0.29, 0.717) is 12.6 Å². The predicted molar refractivity (Wildman–Crippen MR) is 79.6 cm³/mol. The molecule has 1 unspecified atom stereocenters. The number of nitrogens with two attached hydrogens (primary N) is 1. The van der Waals surface area contributed by atoms with Gasteiger partial charge in [-0.15, -0.1) is 0 Å². The Morgan fingerprint density at radius 2 is 2.39 bits per heavy atom. The summed E-state index contributed by atoms with van der Waals surface area (Å²) in [6, 6.07) is 9.16. The zero-order chi connectivity index (χ0) is 12.8. The Hall–Kier alpha value is -0.950. The Balaban J connectivity index is 2.04. The number of hydrogen-bond donors (Lipinski definition) is 1. The van der Waals surface area contributed by atoms with E-state index in [1.54, 1.807) is 0 Å². The van der Waals surface area contributed by atoms with E-state index in [4.69, 9.17) is 5.73 Å². The van der Waals surface area contributed by atoms with Crippen LogP contribution in [0.2, 0.25) is 0 Å². The van der Waals surface area contributed by atoms with Gasteiger partial charge in [0, 0.05) is 36.2 Å². The fourth-order valence-electron chi connectivity index (χ4n) is 2.13. The van der Waals surface area contributed by atoms with Crippen molar-refractivity contribution in [2.75, 3.05) is 24.6 Å². The molecule has 2 nitrogen and oxygen atoms in total. The molecule has 0 spiro atoms. The van der Waals surface area contributed by atoms with Gasteiger partial charge in [-0.1, -0.05) is 24.0 Å². The minimum Gasteiger partial charge on any atom is -0.320 e. The topological polar surface area (TPSA) is 29.3 Å². The largest absolute Gasteiger partial charge is 0.320 e. The van der Waals surface area contributed by atoms with Crippen LogP contribution in [-0.2, 0) is 6.54 Å². The van der Waals surface area contributed by atoms with Crippen LogP contribution in [0.5, 0.6) is 0 Å². The van der Waals surface area contributed by atoms with E-state index in [0.717, 1.165) is 12.1 Å². The van der Waals surface area contributed by atoms with Gasteiger partial charge >= 0.3 is 0 Å². The summed E-state index contributed by atoms with van der Waals surface area (Å²) in [6.45, 7) is 4.94. The van der Waals surface area contributed by atoms with E-state index in [-0.39, 0.29) is 0 Å². The molecule has 1 atom stereocenters. The molecule has 2 N–H and O–H groups in total. The second-order valence-corrected chi connectivity index (χ2v) is 5.75. The lowest BCUT2D eigenvalue weighted by Crippen LogP contribution is -2.39. The summed E-state index contributed by atoms with van der Waals surface area (Å²) in [6.07, 6.45) is 0. The Morgan fingerprint density at radius 3 is 3.17 bits per heavy atom. The van der Waals surface area contributed by atoms with Gasteiger partial charge in [-0.25, -0.2) is 0 Å². The van der Waals surface area contributed by atoms with Gasteiger partial charge in [0.25, 0.3) is 0 Å². The molecule has 96 valence electrons. The summed E-state index contributed by atoms with van der Waals surface area (Å²) in [5.41, 5.74) is 7.81. The molecule has 1 saturated heterocycles. The molecule has 3 heteroatoms. The lowest BCUT2D eigenvalue weighted by Gasteiger charge is -2.33. The van der Waals surface area contributed by atoms with Crippen molar-refractivity contribution in [2.45, 2.75) is 19.5 Å². The Kier molecular flexibility index (Phi) is 5.12. The van der Waals surface area contributed by atoms with Crippen LogP contribution < -0.4 is 5.73 Å². The average Bonchev–Trinajstić information content (AvgIpc) is 2.40. The van der Waals surface area contributed by atoms with Crippen molar-refractivity contribution < 1.29 is 0 Å². The number of thioether (sulfide) groups is 1. The molecule has 0 radical (unpaired) electrons. The van der Waals surface area contributed by atoms with Crippen LogP contribution in [0.15, 0.2) is 24.3 Å². The summed E-state index contributed by atoms with van der Waals surface area (Å²) in [4.78, 5) is 2.55. The maximum absolute atomic E-state index is 5.40. The molecule has 1 aliphatic heterocycles. The summed E-state index contributed by atoms with van der Waals surface area (Å²) in [7, 11) is 0. The number of nitrogens with zero attached hydrogens (tertiary/aromatic N) is 1. The quantitative estimate of drug-likeness (QED) is 0.824. The number of benzene rings is 1. The zero-order valence-corrected chi connectivity index (χ0v) is 11.7. The Labute approximate surface area is 114 Å². The summed E-state index contributed by atoms with van der Waals surface area (Å²) in [5, 5.41) is 0. The van der Waals surface area contributed by atoms with E-state index in [1.807, 2.05) is 6.07 Å². The van der Waals surface area contributed by atoms with Crippen LogP contribution in [-0.4, -0.2) is 35.5 Å². The van der Waals surface area contributed by atoms with Crippen LogP contribution in [0.1, 0.15) is 18.1 Å². The van der Waals surface area contributed by atoms with Gasteiger partial charge < -0.3 is 5.73 Å². The third-order valence-corrected chi connectivity index (χ3v) is 4.34. The number of hydrogen-bond acceptors (Lipinski definition) is 3. The van der Waals surface area contributed by atoms with Crippen LogP contribution >= 0.6 is 11.8 Å². The smallest absolute Gasteiger partial charge is 0.0555 e. The minimum atomic E-state index is 0.421. The van der Waals surface area contributed by atoms with E-state index in [9.17, 15) is 0 Å². The van der Waals surface area contributed by atoms with Crippen LogP contribution in [0.3, 0.4) is 0 Å². The first-order chi connectivity index (χ1) is 8.79. The molecule has 0 saturated carbocycles. The molecular formula is C15H20N2S. The fourth-order valence-corrected chi connectivity index (χ4v) is 3.21. The van der Waals surface area contributed by atoms with E-state index >= 15 is 0 Å². The van der Waals surface area contributed by atoms with Crippen molar-refractivity contribution in [3.05, 3.63) is 35.4 Å². The molecule has 1 heterocycles. The summed E-state index contributed by atoms with van der Waals surface area (Å²) in [5.74, 6) is 8.49. The summed E-state index contributed by atoms with van der Waals surface area (Å²) < 4.78 is 0. The molecule has 1 aromatic rings. The standard InChI is InChI=1S/C15H20N2S/c1-13-12-18-9-8-17(13)11-15-5-2-4-14(10-15)6-3-7-16/h2,4-5,10,13H,7-9,11-12,16H2,1H3. The van der Waals surface area contributed by atoms with Crippen molar-refractivity contribution in [3.8, 4) is 11.8 Å². The molecule has 0 amide bonds.